The summed E-state index contributed by atoms with van der Waals surface area (Å²) in [5.74, 6) is 0.925. The van der Waals surface area contributed by atoms with E-state index in [1.54, 1.807) is 0 Å². The van der Waals surface area contributed by atoms with Crippen molar-refractivity contribution in [3.8, 4) is 0 Å². The first-order valence-corrected chi connectivity index (χ1v) is 7.28. The summed E-state index contributed by atoms with van der Waals surface area (Å²) in [6.45, 7) is 8.55. The van der Waals surface area contributed by atoms with E-state index in [4.69, 9.17) is 0 Å². The van der Waals surface area contributed by atoms with E-state index >= 15 is 0 Å². The van der Waals surface area contributed by atoms with E-state index in [0.29, 0.717) is 0 Å². The van der Waals surface area contributed by atoms with Gasteiger partial charge in [-0.05, 0) is 44.7 Å². The lowest BCUT2D eigenvalue weighted by Crippen LogP contribution is -2.51. The predicted octanol–water partition coefficient (Wildman–Crippen LogP) is 2.64. The zero-order chi connectivity index (χ0) is 11.4. The normalized spacial score (nSPS) is 36.8. The average molecular weight is 224 g/mol. The van der Waals surface area contributed by atoms with Crippen LogP contribution in [-0.2, 0) is 0 Å². The van der Waals surface area contributed by atoms with E-state index in [9.17, 15) is 0 Å². The van der Waals surface area contributed by atoms with Crippen LogP contribution in [0.3, 0.4) is 0 Å². The predicted molar refractivity (Wildman–Crippen MR) is 69.7 cm³/mol. The van der Waals surface area contributed by atoms with Crippen LogP contribution < -0.4 is 5.32 Å². The molecule has 2 rings (SSSR count). The van der Waals surface area contributed by atoms with Gasteiger partial charge in [0.1, 0.15) is 0 Å². The molecule has 2 aliphatic rings. The zero-order valence-corrected chi connectivity index (χ0v) is 11.0. The van der Waals surface area contributed by atoms with E-state index in [-0.39, 0.29) is 0 Å². The molecule has 2 nitrogen and oxygen atoms in total. The Hall–Kier alpha value is -0.0800. The molecule has 0 aromatic heterocycles. The summed E-state index contributed by atoms with van der Waals surface area (Å²) in [5, 5.41) is 3.77. The molecule has 2 heteroatoms. The number of hydrogen-bond donors (Lipinski definition) is 1. The third-order valence-electron chi connectivity index (χ3n) is 4.31. The molecule has 1 aliphatic heterocycles. The Morgan fingerprint density at radius 3 is 2.69 bits per heavy atom. The van der Waals surface area contributed by atoms with Gasteiger partial charge in [0, 0.05) is 18.6 Å². The molecule has 3 unspecified atom stereocenters. The molecule has 1 heterocycles. The van der Waals surface area contributed by atoms with Crippen LogP contribution in [0, 0.1) is 5.92 Å². The van der Waals surface area contributed by atoms with E-state index in [1.165, 1.54) is 58.2 Å². The molecule has 94 valence electrons. The number of hydrogen-bond acceptors (Lipinski definition) is 2. The van der Waals surface area contributed by atoms with Gasteiger partial charge in [-0.2, -0.15) is 0 Å². The molecule has 1 N–H and O–H groups in total. The molecular formula is C14H28N2. The van der Waals surface area contributed by atoms with Crippen LogP contribution >= 0.6 is 0 Å². The molecule has 0 bridgehead atoms. The lowest BCUT2D eigenvalue weighted by atomic mass is 9.89. The maximum absolute atomic E-state index is 3.77. The Labute approximate surface area is 101 Å². The first kappa shape index (κ1) is 12.4. The van der Waals surface area contributed by atoms with Crippen LogP contribution in [0.2, 0.25) is 0 Å². The summed E-state index contributed by atoms with van der Waals surface area (Å²) >= 11 is 0. The zero-order valence-electron chi connectivity index (χ0n) is 11.0. The van der Waals surface area contributed by atoms with Gasteiger partial charge in [0.15, 0.2) is 0 Å². The first-order valence-electron chi connectivity index (χ1n) is 7.28. The van der Waals surface area contributed by atoms with Crippen LogP contribution in [0.25, 0.3) is 0 Å². The fourth-order valence-electron chi connectivity index (χ4n) is 3.39. The molecule has 3 atom stereocenters. The highest BCUT2D eigenvalue weighted by Gasteiger charge is 2.32. The Morgan fingerprint density at radius 1 is 1.19 bits per heavy atom. The third-order valence-corrected chi connectivity index (χ3v) is 4.31. The minimum Gasteiger partial charge on any atom is -0.312 e. The summed E-state index contributed by atoms with van der Waals surface area (Å²) < 4.78 is 0. The smallest absolute Gasteiger partial charge is 0.0249 e. The monoisotopic (exact) mass is 224 g/mol. The molecule has 1 aliphatic carbocycles. The van der Waals surface area contributed by atoms with Crippen molar-refractivity contribution in [3.63, 3.8) is 0 Å². The van der Waals surface area contributed by atoms with E-state index in [1.807, 2.05) is 0 Å². The van der Waals surface area contributed by atoms with Gasteiger partial charge in [-0.15, -0.1) is 0 Å². The standard InChI is InChI=1S/C14H28N2/c1-3-9-15-13-6-4-5-7-14(13)16-10-8-12(2)11-16/h12-15H,3-11H2,1-2H3. The minimum absolute atomic E-state index is 0.777. The number of rotatable bonds is 4. The Kier molecular flexibility index (Phi) is 4.66. The summed E-state index contributed by atoms with van der Waals surface area (Å²) in [6.07, 6.45) is 8.38. The lowest BCUT2D eigenvalue weighted by molar-refractivity contribution is 0.145. The SMILES string of the molecule is CCCNC1CCCCC1N1CCC(C)C1. The van der Waals surface area contributed by atoms with Crippen LogP contribution in [0.15, 0.2) is 0 Å². The Morgan fingerprint density at radius 2 is 2.00 bits per heavy atom. The number of nitrogens with zero attached hydrogens (tertiary/aromatic N) is 1. The van der Waals surface area contributed by atoms with Crippen molar-refractivity contribution in [3.05, 3.63) is 0 Å². The molecule has 2 fully saturated rings. The second-order valence-electron chi connectivity index (χ2n) is 5.80. The van der Waals surface area contributed by atoms with Gasteiger partial charge in [0.2, 0.25) is 0 Å². The lowest BCUT2D eigenvalue weighted by Gasteiger charge is -2.38. The van der Waals surface area contributed by atoms with Gasteiger partial charge in [0.05, 0.1) is 0 Å². The van der Waals surface area contributed by atoms with Crippen molar-refractivity contribution in [1.82, 2.24) is 10.2 Å². The van der Waals surface area contributed by atoms with Gasteiger partial charge in [-0.1, -0.05) is 26.7 Å². The quantitative estimate of drug-likeness (QED) is 0.790. The molecule has 0 aromatic rings. The fourth-order valence-corrected chi connectivity index (χ4v) is 3.39. The van der Waals surface area contributed by atoms with Gasteiger partial charge >= 0.3 is 0 Å². The molecule has 0 spiro atoms. The number of nitrogens with one attached hydrogen (secondary N) is 1. The molecule has 1 saturated heterocycles. The average Bonchev–Trinajstić information content (AvgIpc) is 2.73. The van der Waals surface area contributed by atoms with E-state index in [2.05, 4.69) is 24.1 Å². The van der Waals surface area contributed by atoms with Crippen molar-refractivity contribution >= 4 is 0 Å². The molecule has 0 radical (unpaired) electrons. The van der Waals surface area contributed by atoms with E-state index < -0.39 is 0 Å². The van der Waals surface area contributed by atoms with Crippen LogP contribution in [-0.4, -0.2) is 36.6 Å². The topological polar surface area (TPSA) is 15.3 Å². The summed E-state index contributed by atoms with van der Waals surface area (Å²) in [4.78, 5) is 2.76. The molecule has 0 aromatic carbocycles. The summed E-state index contributed by atoms with van der Waals surface area (Å²) in [6, 6.07) is 1.62. The molecule has 0 amide bonds. The highest BCUT2D eigenvalue weighted by molar-refractivity contribution is 4.90. The molecule has 1 saturated carbocycles. The molecule has 16 heavy (non-hydrogen) atoms. The van der Waals surface area contributed by atoms with Crippen molar-refractivity contribution in [2.75, 3.05) is 19.6 Å². The highest BCUT2D eigenvalue weighted by Crippen LogP contribution is 2.27. The summed E-state index contributed by atoms with van der Waals surface area (Å²) in [7, 11) is 0. The van der Waals surface area contributed by atoms with Gasteiger partial charge in [-0.3, -0.25) is 4.90 Å². The van der Waals surface area contributed by atoms with E-state index in [0.717, 1.165) is 18.0 Å². The first-order chi connectivity index (χ1) is 7.81. The van der Waals surface area contributed by atoms with Crippen LogP contribution in [0.5, 0.6) is 0 Å². The van der Waals surface area contributed by atoms with Crippen molar-refractivity contribution in [2.45, 2.75) is 64.5 Å². The largest absolute Gasteiger partial charge is 0.312 e. The van der Waals surface area contributed by atoms with Gasteiger partial charge < -0.3 is 5.32 Å². The summed E-state index contributed by atoms with van der Waals surface area (Å²) in [5.41, 5.74) is 0. The number of likely N-dealkylation sites (tertiary alicyclic amines) is 1. The third kappa shape index (κ3) is 2.98. The molecular weight excluding hydrogens is 196 g/mol. The van der Waals surface area contributed by atoms with Crippen LogP contribution in [0.4, 0.5) is 0 Å². The minimum atomic E-state index is 0.777. The van der Waals surface area contributed by atoms with Gasteiger partial charge in [0.25, 0.3) is 0 Å². The van der Waals surface area contributed by atoms with Gasteiger partial charge in [-0.25, -0.2) is 0 Å². The maximum Gasteiger partial charge on any atom is 0.0249 e. The Bertz CT molecular complexity index is 205. The highest BCUT2D eigenvalue weighted by atomic mass is 15.2. The fraction of sp³-hybridized carbons (Fsp3) is 1.00. The van der Waals surface area contributed by atoms with Crippen molar-refractivity contribution in [1.29, 1.82) is 0 Å². The Balaban J connectivity index is 1.88. The maximum atomic E-state index is 3.77. The second kappa shape index (κ2) is 6.02. The van der Waals surface area contributed by atoms with Crippen LogP contribution in [0.1, 0.15) is 52.4 Å². The van der Waals surface area contributed by atoms with Crippen molar-refractivity contribution < 1.29 is 0 Å². The van der Waals surface area contributed by atoms with Crippen molar-refractivity contribution in [2.24, 2.45) is 5.92 Å². The second-order valence-corrected chi connectivity index (χ2v) is 5.80.